The van der Waals surface area contributed by atoms with Crippen LogP contribution in [0.25, 0.3) is 0 Å². The first-order valence-corrected chi connectivity index (χ1v) is 5.43. The van der Waals surface area contributed by atoms with Gasteiger partial charge in [0.05, 0.1) is 18.9 Å². The smallest absolute Gasteiger partial charge is 0.216 e. The summed E-state index contributed by atoms with van der Waals surface area (Å²) in [6.07, 6.45) is 2.60. The average Bonchev–Trinajstić information content (AvgIpc) is 2.39. The highest BCUT2D eigenvalue weighted by Crippen LogP contribution is 2.29. The van der Waals surface area contributed by atoms with Crippen LogP contribution < -0.4 is 4.74 Å². The number of hydrogen-bond acceptors (Lipinski definition) is 5. The van der Waals surface area contributed by atoms with E-state index in [2.05, 4.69) is 9.97 Å². The van der Waals surface area contributed by atoms with Crippen LogP contribution in [0.15, 0.2) is 12.4 Å². The molecular weight excluding hydrogens is 208 g/mol. The van der Waals surface area contributed by atoms with Crippen molar-refractivity contribution in [3.05, 3.63) is 18.1 Å². The summed E-state index contributed by atoms with van der Waals surface area (Å²) in [5.41, 5.74) is 0.624. The van der Waals surface area contributed by atoms with Crippen molar-refractivity contribution in [3.8, 4) is 5.88 Å². The van der Waals surface area contributed by atoms with Crippen LogP contribution in [-0.2, 0) is 4.74 Å². The van der Waals surface area contributed by atoms with Gasteiger partial charge in [-0.25, -0.2) is 9.97 Å². The monoisotopic (exact) mass is 224 g/mol. The summed E-state index contributed by atoms with van der Waals surface area (Å²) in [5, 5.41) is 10.2. The molecule has 1 unspecified atom stereocenters. The second kappa shape index (κ2) is 5.23. The molecule has 88 valence electrons. The van der Waals surface area contributed by atoms with Gasteiger partial charge < -0.3 is 14.6 Å². The summed E-state index contributed by atoms with van der Waals surface area (Å²) in [5.74, 6) is 0.699. The van der Waals surface area contributed by atoms with Crippen LogP contribution in [0, 0.1) is 5.92 Å². The Hall–Kier alpha value is -1.20. The number of ether oxygens (including phenoxy) is 2. The summed E-state index contributed by atoms with van der Waals surface area (Å²) in [6.45, 7) is 1.42. The van der Waals surface area contributed by atoms with Crippen LogP contribution in [0.4, 0.5) is 0 Å². The first-order chi connectivity index (χ1) is 7.81. The van der Waals surface area contributed by atoms with E-state index in [4.69, 9.17) is 9.47 Å². The molecule has 0 aliphatic carbocycles. The maximum Gasteiger partial charge on any atom is 0.216 e. The van der Waals surface area contributed by atoms with Gasteiger partial charge in [0.2, 0.25) is 5.88 Å². The van der Waals surface area contributed by atoms with E-state index in [9.17, 15) is 5.11 Å². The fourth-order valence-electron chi connectivity index (χ4n) is 1.90. The van der Waals surface area contributed by atoms with E-state index in [1.807, 2.05) is 0 Å². The quantitative estimate of drug-likeness (QED) is 0.828. The van der Waals surface area contributed by atoms with Crippen LogP contribution in [-0.4, -0.2) is 35.4 Å². The Bertz CT molecular complexity index is 340. The molecule has 0 bridgehead atoms. The molecule has 0 aromatic carbocycles. The number of hydrogen-bond donors (Lipinski definition) is 1. The second-order valence-corrected chi connectivity index (χ2v) is 3.88. The topological polar surface area (TPSA) is 64.5 Å². The normalized spacial score (nSPS) is 19.4. The third-order valence-corrected chi connectivity index (χ3v) is 2.89. The van der Waals surface area contributed by atoms with Crippen molar-refractivity contribution in [2.75, 3.05) is 20.3 Å². The van der Waals surface area contributed by atoms with Crippen molar-refractivity contribution >= 4 is 0 Å². The zero-order chi connectivity index (χ0) is 11.4. The van der Waals surface area contributed by atoms with Gasteiger partial charge in [-0.2, -0.15) is 0 Å². The van der Waals surface area contributed by atoms with E-state index in [0.717, 1.165) is 12.8 Å². The Morgan fingerprint density at radius 2 is 2.19 bits per heavy atom. The first kappa shape index (κ1) is 11.3. The lowest BCUT2D eigenvalue weighted by atomic mass is 9.92. The minimum Gasteiger partial charge on any atom is -0.481 e. The Morgan fingerprint density at radius 3 is 2.88 bits per heavy atom. The molecule has 1 aliphatic rings. The van der Waals surface area contributed by atoms with Crippen molar-refractivity contribution in [1.82, 2.24) is 9.97 Å². The Labute approximate surface area is 94.4 Å². The molecule has 1 aromatic heterocycles. The predicted octanol–water partition coefficient (Wildman–Crippen LogP) is 0.945. The van der Waals surface area contributed by atoms with Gasteiger partial charge in [-0.05, 0) is 18.8 Å². The Morgan fingerprint density at radius 1 is 1.44 bits per heavy atom. The van der Waals surface area contributed by atoms with E-state index in [1.165, 1.54) is 6.33 Å². The summed E-state index contributed by atoms with van der Waals surface area (Å²) < 4.78 is 10.3. The maximum atomic E-state index is 10.2. The highest BCUT2D eigenvalue weighted by atomic mass is 16.5. The molecule has 5 heteroatoms. The molecule has 1 saturated heterocycles. The molecule has 0 spiro atoms. The number of aliphatic hydroxyl groups excluding tert-OH is 1. The lowest BCUT2D eigenvalue weighted by molar-refractivity contribution is 0.00543. The molecule has 1 N–H and O–H groups in total. The van der Waals surface area contributed by atoms with Gasteiger partial charge in [0, 0.05) is 19.3 Å². The van der Waals surface area contributed by atoms with E-state index in [1.54, 1.807) is 13.2 Å². The molecule has 1 fully saturated rings. The highest BCUT2D eigenvalue weighted by molar-refractivity contribution is 5.15. The van der Waals surface area contributed by atoms with Gasteiger partial charge in [-0.1, -0.05) is 0 Å². The molecule has 1 aromatic rings. The third kappa shape index (κ3) is 2.48. The number of methoxy groups -OCH3 is 1. The fourth-order valence-corrected chi connectivity index (χ4v) is 1.90. The fraction of sp³-hybridized carbons (Fsp3) is 0.636. The number of rotatable bonds is 3. The summed E-state index contributed by atoms with van der Waals surface area (Å²) in [6, 6.07) is 1.68. The minimum absolute atomic E-state index is 0.216. The van der Waals surface area contributed by atoms with Crippen LogP contribution in [0.2, 0.25) is 0 Å². The van der Waals surface area contributed by atoms with Crippen molar-refractivity contribution in [2.45, 2.75) is 18.9 Å². The number of aliphatic hydroxyl groups is 1. The molecule has 16 heavy (non-hydrogen) atoms. The van der Waals surface area contributed by atoms with E-state index in [0.29, 0.717) is 24.8 Å². The summed E-state index contributed by atoms with van der Waals surface area (Å²) >= 11 is 0. The van der Waals surface area contributed by atoms with Crippen LogP contribution in [0.1, 0.15) is 24.6 Å². The van der Waals surface area contributed by atoms with Crippen LogP contribution in [0.5, 0.6) is 5.88 Å². The molecule has 1 atom stereocenters. The molecule has 0 amide bonds. The largest absolute Gasteiger partial charge is 0.481 e. The zero-order valence-corrected chi connectivity index (χ0v) is 9.30. The molecule has 5 nitrogen and oxygen atoms in total. The van der Waals surface area contributed by atoms with Gasteiger partial charge >= 0.3 is 0 Å². The lowest BCUT2D eigenvalue weighted by Crippen LogP contribution is -2.22. The standard InChI is InChI=1S/C11H16N2O3/c1-15-10-6-9(12-7-13-10)11(14)8-2-4-16-5-3-8/h6-8,11,14H,2-5H2,1H3. The van der Waals surface area contributed by atoms with Gasteiger partial charge in [0.25, 0.3) is 0 Å². The van der Waals surface area contributed by atoms with E-state index < -0.39 is 6.10 Å². The number of aromatic nitrogens is 2. The van der Waals surface area contributed by atoms with Crippen molar-refractivity contribution in [3.63, 3.8) is 0 Å². The highest BCUT2D eigenvalue weighted by Gasteiger charge is 2.24. The van der Waals surface area contributed by atoms with Gasteiger partial charge in [0.15, 0.2) is 0 Å². The molecule has 2 rings (SSSR count). The predicted molar refractivity (Wildman–Crippen MR) is 57.1 cm³/mol. The summed E-state index contributed by atoms with van der Waals surface area (Å²) in [7, 11) is 1.55. The zero-order valence-electron chi connectivity index (χ0n) is 9.30. The SMILES string of the molecule is COc1cc(C(O)C2CCOCC2)ncn1. The van der Waals surface area contributed by atoms with E-state index in [-0.39, 0.29) is 5.92 Å². The van der Waals surface area contributed by atoms with Crippen LogP contribution in [0.3, 0.4) is 0 Å². The molecule has 2 heterocycles. The van der Waals surface area contributed by atoms with Gasteiger partial charge in [0.1, 0.15) is 6.33 Å². The van der Waals surface area contributed by atoms with Gasteiger partial charge in [-0.3, -0.25) is 0 Å². The van der Waals surface area contributed by atoms with Crippen molar-refractivity contribution < 1.29 is 14.6 Å². The van der Waals surface area contributed by atoms with Crippen molar-refractivity contribution in [2.24, 2.45) is 5.92 Å². The van der Waals surface area contributed by atoms with Crippen molar-refractivity contribution in [1.29, 1.82) is 0 Å². The maximum absolute atomic E-state index is 10.2. The minimum atomic E-state index is -0.555. The molecular formula is C11H16N2O3. The Balaban J connectivity index is 2.09. The first-order valence-electron chi connectivity index (χ1n) is 5.43. The lowest BCUT2D eigenvalue weighted by Gasteiger charge is -2.26. The Kier molecular flexibility index (Phi) is 3.69. The molecule has 0 radical (unpaired) electrons. The second-order valence-electron chi connectivity index (χ2n) is 3.88. The van der Waals surface area contributed by atoms with Gasteiger partial charge in [-0.15, -0.1) is 0 Å². The molecule has 0 saturated carbocycles. The third-order valence-electron chi connectivity index (χ3n) is 2.89. The average molecular weight is 224 g/mol. The van der Waals surface area contributed by atoms with E-state index >= 15 is 0 Å². The molecule has 1 aliphatic heterocycles. The van der Waals surface area contributed by atoms with Crippen LogP contribution >= 0.6 is 0 Å². The summed E-state index contributed by atoms with van der Waals surface area (Å²) in [4.78, 5) is 8.00. The number of nitrogens with zero attached hydrogens (tertiary/aromatic N) is 2.